The number of aromatic amines is 1. The molecule has 2 aromatic carbocycles. The first-order chi connectivity index (χ1) is 13.8. The van der Waals surface area contributed by atoms with Crippen molar-refractivity contribution in [1.82, 2.24) is 9.97 Å². The van der Waals surface area contributed by atoms with E-state index in [0.29, 0.717) is 27.9 Å². The van der Waals surface area contributed by atoms with Crippen LogP contribution in [0.4, 0.5) is 5.69 Å². The molecular weight excluding hydrogens is 410 g/mol. The minimum Gasteiger partial charge on any atom is -0.346 e. The zero-order chi connectivity index (χ0) is 20.6. The number of H-pyrrole nitrogens is 1. The Morgan fingerprint density at radius 3 is 2.45 bits per heavy atom. The Hall–Kier alpha value is -3.16. The summed E-state index contributed by atoms with van der Waals surface area (Å²) >= 11 is 6.32. The molecule has 0 amide bonds. The molecule has 0 saturated carbocycles. The fraction of sp³-hybridized carbons (Fsp3) is 0.0476. The lowest BCUT2D eigenvalue weighted by molar-refractivity contribution is 0.607. The van der Waals surface area contributed by atoms with E-state index in [1.54, 1.807) is 30.5 Å². The van der Waals surface area contributed by atoms with E-state index in [9.17, 15) is 13.2 Å². The number of hydrogen-bond acceptors (Lipinski definition) is 4. The lowest BCUT2D eigenvalue weighted by Crippen LogP contribution is -2.09. The van der Waals surface area contributed by atoms with Crippen molar-refractivity contribution in [2.45, 2.75) is 0 Å². The third-order valence-corrected chi connectivity index (χ3v) is 5.27. The summed E-state index contributed by atoms with van der Waals surface area (Å²) in [5, 5.41) is 0.700. The predicted octanol–water partition coefficient (Wildman–Crippen LogP) is 4.28. The van der Waals surface area contributed by atoms with E-state index in [1.807, 2.05) is 30.3 Å². The van der Waals surface area contributed by atoms with Gasteiger partial charge in [-0.15, -0.1) is 0 Å². The fourth-order valence-electron chi connectivity index (χ4n) is 3.10. The number of nitrogens with one attached hydrogen (secondary N) is 2. The lowest BCUT2D eigenvalue weighted by Gasteiger charge is -2.13. The normalized spacial score (nSPS) is 11.5. The van der Waals surface area contributed by atoms with Crippen molar-refractivity contribution in [3.8, 4) is 22.4 Å². The second kappa shape index (κ2) is 7.35. The number of sulfonamides is 1. The summed E-state index contributed by atoms with van der Waals surface area (Å²) in [6.07, 6.45) is 2.62. The van der Waals surface area contributed by atoms with E-state index in [-0.39, 0.29) is 16.1 Å². The highest BCUT2D eigenvalue weighted by molar-refractivity contribution is 7.92. The number of hydrogen-bond donors (Lipinski definition) is 2. The molecular formula is C21H16ClN3O3S. The van der Waals surface area contributed by atoms with Crippen molar-refractivity contribution in [2.24, 2.45) is 0 Å². The van der Waals surface area contributed by atoms with Crippen molar-refractivity contribution in [1.29, 1.82) is 0 Å². The van der Waals surface area contributed by atoms with Gasteiger partial charge >= 0.3 is 0 Å². The average Bonchev–Trinajstić information content (AvgIpc) is 2.69. The third kappa shape index (κ3) is 4.01. The molecule has 2 N–H and O–H groups in total. The van der Waals surface area contributed by atoms with Crippen LogP contribution in [0.3, 0.4) is 0 Å². The minimum atomic E-state index is -3.45. The van der Waals surface area contributed by atoms with Crippen LogP contribution in [-0.4, -0.2) is 24.6 Å². The SMILES string of the molecule is CS(=O)(=O)Nc1ccc(-c2cc3c(=O)cc[nH]c3nc2-c2ccccc2)cc1Cl. The second-order valence-corrected chi connectivity index (χ2v) is 8.71. The minimum absolute atomic E-state index is 0.145. The molecule has 0 aliphatic heterocycles. The van der Waals surface area contributed by atoms with Gasteiger partial charge in [-0.05, 0) is 23.8 Å². The van der Waals surface area contributed by atoms with Gasteiger partial charge in [0.1, 0.15) is 5.65 Å². The van der Waals surface area contributed by atoms with Gasteiger partial charge in [-0.2, -0.15) is 0 Å². The quantitative estimate of drug-likeness (QED) is 0.510. The van der Waals surface area contributed by atoms with Crippen LogP contribution in [0.1, 0.15) is 0 Å². The molecule has 0 unspecified atom stereocenters. The van der Waals surface area contributed by atoms with Crippen LogP contribution in [0, 0.1) is 0 Å². The molecule has 2 heterocycles. The van der Waals surface area contributed by atoms with Crippen LogP contribution in [0.15, 0.2) is 71.7 Å². The van der Waals surface area contributed by atoms with Crippen LogP contribution in [0.25, 0.3) is 33.4 Å². The molecule has 0 aliphatic carbocycles. The van der Waals surface area contributed by atoms with E-state index in [2.05, 4.69) is 14.7 Å². The summed E-state index contributed by atoms with van der Waals surface area (Å²) < 4.78 is 25.4. The third-order valence-electron chi connectivity index (χ3n) is 4.37. The van der Waals surface area contributed by atoms with Crippen LogP contribution in [0.2, 0.25) is 5.02 Å². The van der Waals surface area contributed by atoms with E-state index < -0.39 is 10.0 Å². The molecule has 8 heteroatoms. The highest BCUT2D eigenvalue weighted by Gasteiger charge is 2.15. The molecule has 0 spiro atoms. The molecule has 146 valence electrons. The first-order valence-electron chi connectivity index (χ1n) is 8.67. The number of pyridine rings is 2. The van der Waals surface area contributed by atoms with Gasteiger partial charge in [-0.25, -0.2) is 13.4 Å². The summed E-state index contributed by atoms with van der Waals surface area (Å²) in [5.74, 6) is 0. The summed E-state index contributed by atoms with van der Waals surface area (Å²) in [6, 6.07) is 17.8. The van der Waals surface area contributed by atoms with Crippen molar-refractivity contribution in [3.63, 3.8) is 0 Å². The number of anilines is 1. The molecule has 0 radical (unpaired) electrons. The van der Waals surface area contributed by atoms with Gasteiger partial charge in [0.15, 0.2) is 5.43 Å². The molecule has 6 nitrogen and oxygen atoms in total. The highest BCUT2D eigenvalue weighted by Crippen LogP contribution is 2.35. The van der Waals surface area contributed by atoms with Crippen molar-refractivity contribution < 1.29 is 8.42 Å². The van der Waals surface area contributed by atoms with Crippen molar-refractivity contribution in [3.05, 3.63) is 82.1 Å². The van der Waals surface area contributed by atoms with Gasteiger partial charge in [-0.3, -0.25) is 9.52 Å². The molecule has 4 aromatic rings. The van der Waals surface area contributed by atoms with E-state index in [0.717, 1.165) is 11.8 Å². The molecule has 0 fully saturated rings. The summed E-state index contributed by atoms with van der Waals surface area (Å²) in [6.45, 7) is 0. The molecule has 2 aromatic heterocycles. The van der Waals surface area contributed by atoms with Crippen LogP contribution in [-0.2, 0) is 10.0 Å². The smallest absolute Gasteiger partial charge is 0.229 e. The maximum atomic E-state index is 12.3. The van der Waals surface area contributed by atoms with Gasteiger partial charge in [0.05, 0.1) is 28.0 Å². The molecule has 29 heavy (non-hydrogen) atoms. The van der Waals surface area contributed by atoms with Gasteiger partial charge < -0.3 is 4.98 Å². The number of rotatable bonds is 4. The molecule has 0 atom stereocenters. The lowest BCUT2D eigenvalue weighted by atomic mass is 9.98. The Morgan fingerprint density at radius 2 is 1.76 bits per heavy atom. The number of fused-ring (bicyclic) bond motifs is 1. The molecule has 0 aliphatic rings. The fourth-order valence-corrected chi connectivity index (χ4v) is 3.96. The molecule has 0 saturated heterocycles. The van der Waals surface area contributed by atoms with Crippen LogP contribution < -0.4 is 10.2 Å². The number of nitrogens with zero attached hydrogens (tertiary/aromatic N) is 1. The number of halogens is 1. The van der Waals surface area contributed by atoms with E-state index >= 15 is 0 Å². The second-order valence-electron chi connectivity index (χ2n) is 6.56. The van der Waals surface area contributed by atoms with Gasteiger partial charge in [0.2, 0.25) is 10.0 Å². The zero-order valence-electron chi connectivity index (χ0n) is 15.3. The monoisotopic (exact) mass is 425 g/mol. The van der Waals surface area contributed by atoms with Gasteiger partial charge in [0, 0.05) is 23.4 Å². The van der Waals surface area contributed by atoms with Crippen LogP contribution in [0.5, 0.6) is 0 Å². The summed E-state index contributed by atoms with van der Waals surface area (Å²) in [7, 11) is -3.45. The standard InChI is InChI=1S/C21H16ClN3O3S/c1-29(27,28)25-18-8-7-14(11-17(18)22)15-12-16-19(26)9-10-23-21(16)24-20(15)13-5-3-2-4-6-13/h2-12,25H,1H3,(H,23,24,26). The van der Waals surface area contributed by atoms with E-state index in [1.165, 1.54) is 6.07 Å². The summed E-state index contributed by atoms with van der Waals surface area (Å²) in [5.41, 5.74) is 3.61. The highest BCUT2D eigenvalue weighted by atomic mass is 35.5. The van der Waals surface area contributed by atoms with Crippen LogP contribution >= 0.6 is 11.6 Å². The molecule has 0 bridgehead atoms. The Bertz CT molecular complexity index is 1380. The average molecular weight is 426 g/mol. The number of benzene rings is 2. The van der Waals surface area contributed by atoms with Crippen molar-refractivity contribution in [2.75, 3.05) is 11.0 Å². The Labute approximate surface area is 172 Å². The first-order valence-corrected chi connectivity index (χ1v) is 10.9. The predicted molar refractivity (Wildman–Crippen MR) is 117 cm³/mol. The number of aromatic nitrogens is 2. The maximum absolute atomic E-state index is 12.3. The Morgan fingerprint density at radius 1 is 1.00 bits per heavy atom. The largest absolute Gasteiger partial charge is 0.346 e. The topological polar surface area (TPSA) is 91.9 Å². The maximum Gasteiger partial charge on any atom is 0.229 e. The van der Waals surface area contributed by atoms with Crippen molar-refractivity contribution >= 4 is 38.3 Å². The van der Waals surface area contributed by atoms with Gasteiger partial charge in [0.25, 0.3) is 0 Å². The molecule has 4 rings (SSSR count). The van der Waals surface area contributed by atoms with E-state index in [4.69, 9.17) is 11.6 Å². The Kier molecular flexibility index (Phi) is 4.86. The summed E-state index contributed by atoms with van der Waals surface area (Å²) in [4.78, 5) is 20.0. The first kappa shape index (κ1) is 19.2. The van der Waals surface area contributed by atoms with Gasteiger partial charge in [-0.1, -0.05) is 48.0 Å². The zero-order valence-corrected chi connectivity index (χ0v) is 16.9. The Balaban J connectivity index is 1.96.